The number of pyridine rings is 1. The van der Waals surface area contributed by atoms with E-state index in [0.717, 1.165) is 0 Å². The molecule has 2 heterocycles. The highest BCUT2D eigenvalue weighted by Crippen LogP contribution is 2.27. The van der Waals surface area contributed by atoms with Crippen molar-refractivity contribution in [1.29, 1.82) is 0 Å². The van der Waals surface area contributed by atoms with E-state index >= 15 is 0 Å². The van der Waals surface area contributed by atoms with Gasteiger partial charge in [0.15, 0.2) is 0 Å². The van der Waals surface area contributed by atoms with Gasteiger partial charge in [-0.05, 0) is 37.6 Å². The molecule has 0 saturated carbocycles. The van der Waals surface area contributed by atoms with Gasteiger partial charge in [-0.25, -0.2) is 0 Å². The van der Waals surface area contributed by atoms with Crippen LogP contribution in [-0.4, -0.2) is 4.40 Å². The van der Waals surface area contributed by atoms with Crippen LogP contribution >= 0.6 is 0 Å². The Labute approximate surface area is 101 Å². The topological polar surface area (TPSA) is 4.41 Å². The van der Waals surface area contributed by atoms with Crippen LogP contribution in [0.2, 0.25) is 0 Å². The van der Waals surface area contributed by atoms with Crippen molar-refractivity contribution in [3.05, 3.63) is 66.0 Å². The average Bonchev–Trinajstić information content (AvgIpc) is 2.69. The third-order valence-corrected chi connectivity index (χ3v) is 3.32. The highest BCUT2D eigenvalue weighted by Gasteiger charge is 2.08. The van der Waals surface area contributed by atoms with Crippen molar-refractivity contribution >= 4 is 5.52 Å². The fourth-order valence-electron chi connectivity index (χ4n) is 2.49. The van der Waals surface area contributed by atoms with E-state index in [4.69, 9.17) is 0 Å². The summed E-state index contributed by atoms with van der Waals surface area (Å²) in [5.41, 5.74) is 6.46. The second-order valence-corrected chi connectivity index (χ2v) is 4.44. The molecule has 0 atom stereocenters. The quantitative estimate of drug-likeness (QED) is 0.579. The van der Waals surface area contributed by atoms with Gasteiger partial charge < -0.3 is 4.40 Å². The third-order valence-electron chi connectivity index (χ3n) is 3.32. The molecule has 3 rings (SSSR count). The standard InChI is InChI=1S/C16H15N/c1-12-7-6-10-15-11-16(13(2)17(12)15)14-8-4-3-5-9-14/h3-11H,1-2H3. The van der Waals surface area contributed by atoms with Gasteiger partial charge in [0.1, 0.15) is 0 Å². The lowest BCUT2D eigenvalue weighted by Gasteiger charge is -2.04. The molecule has 0 spiro atoms. The molecule has 3 aromatic rings. The van der Waals surface area contributed by atoms with E-state index in [-0.39, 0.29) is 0 Å². The zero-order valence-corrected chi connectivity index (χ0v) is 10.1. The first-order chi connectivity index (χ1) is 8.27. The van der Waals surface area contributed by atoms with Crippen LogP contribution in [0.25, 0.3) is 16.6 Å². The molecule has 0 aliphatic rings. The zero-order valence-electron chi connectivity index (χ0n) is 10.1. The van der Waals surface area contributed by atoms with Crippen molar-refractivity contribution in [2.75, 3.05) is 0 Å². The molecule has 0 radical (unpaired) electrons. The second kappa shape index (κ2) is 3.77. The summed E-state index contributed by atoms with van der Waals surface area (Å²) in [7, 11) is 0. The molecular formula is C16H15N. The molecule has 0 saturated heterocycles. The summed E-state index contributed by atoms with van der Waals surface area (Å²) < 4.78 is 2.31. The van der Waals surface area contributed by atoms with Gasteiger partial charge in [0.2, 0.25) is 0 Å². The first-order valence-corrected chi connectivity index (χ1v) is 5.90. The fraction of sp³-hybridized carbons (Fsp3) is 0.125. The van der Waals surface area contributed by atoms with E-state index in [2.05, 4.69) is 72.8 Å². The molecule has 0 bridgehead atoms. The lowest BCUT2D eigenvalue weighted by Crippen LogP contribution is -1.92. The first-order valence-electron chi connectivity index (χ1n) is 5.90. The molecule has 84 valence electrons. The van der Waals surface area contributed by atoms with Gasteiger partial charge in [0.05, 0.1) is 0 Å². The Morgan fingerprint density at radius 2 is 1.59 bits per heavy atom. The number of benzene rings is 1. The molecule has 0 amide bonds. The Hall–Kier alpha value is -2.02. The maximum atomic E-state index is 2.31. The van der Waals surface area contributed by atoms with Crippen molar-refractivity contribution < 1.29 is 0 Å². The number of hydrogen-bond donors (Lipinski definition) is 0. The van der Waals surface area contributed by atoms with Crippen LogP contribution in [0.4, 0.5) is 0 Å². The monoisotopic (exact) mass is 221 g/mol. The van der Waals surface area contributed by atoms with Crippen LogP contribution in [0.3, 0.4) is 0 Å². The summed E-state index contributed by atoms with van der Waals surface area (Å²) in [5, 5.41) is 0. The van der Waals surface area contributed by atoms with Crippen molar-refractivity contribution in [1.82, 2.24) is 4.40 Å². The number of nitrogens with zero attached hydrogens (tertiary/aromatic N) is 1. The number of fused-ring (bicyclic) bond motifs is 1. The smallest absolute Gasteiger partial charge is 0.0462 e. The van der Waals surface area contributed by atoms with Crippen LogP contribution in [0, 0.1) is 13.8 Å². The van der Waals surface area contributed by atoms with Crippen LogP contribution in [0.15, 0.2) is 54.6 Å². The largest absolute Gasteiger partial charge is 0.318 e. The summed E-state index contributed by atoms with van der Waals surface area (Å²) in [6.07, 6.45) is 0. The van der Waals surface area contributed by atoms with E-state index in [9.17, 15) is 0 Å². The molecule has 2 aromatic heterocycles. The molecule has 1 nitrogen and oxygen atoms in total. The Bertz CT molecular complexity index is 663. The predicted molar refractivity (Wildman–Crippen MR) is 72.3 cm³/mol. The highest BCUT2D eigenvalue weighted by molar-refractivity contribution is 5.73. The summed E-state index contributed by atoms with van der Waals surface area (Å²) in [5.74, 6) is 0. The number of hydrogen-bond acceptors (Lipinski definition) is 0. The average molecular weight is 221 g/mol. The van der Waals surface area contributed by atoms with E-state index in [1.54, 1.807) is 0 Å². The van der Waals surface area contributed by atoms with E-state index in [1.807, 2.05) is 0 Å². The summed E-state index contributed by atoms with van der Waals surface area (Å²) in [4.78, 5) is 0. The molecule has 0 aliphatic heterocycles. The van der Waals surface area contributed by atoms with Crippen LogP contribution in [0.1, 0.15) is 11.4 Å². The normalized spacial score (nSPS) is 10.9. The molecule has 17 heavy (non-hydrogen) atoms. The Morgan fingerprint density at radius 3 is 2.29 bits per heavy atom. The maximum Gasteiger partial charge on any atom is 0.0462 e. The Balaban J connectivity index is 2.33. The van der Waals surface area contributed by atoms with Gasteiger partial charge >= 0.3 is 0 Å². The second-order valence-electron chi connectivity index (χ2n) is 4.44. The summed E-state index contributed by atoms with van der Waals surface area (Å²) in [6.45, 7) is 4.33. The summed E-state index contributed by atoms with van der Waals surface area (Å²) in [6, 6.07) is 19.2. The minimum atomic E-state index is 1.27. The molecule has 0 fully saturated rings. The zero-order chi connectivity index (χ0) is 11.8. The third kappa shape index (κ3) is 1.55. The van der Waals surface area contributed by atoms with Crippen LogP contribution in [0.5, 0.6) is 0 Å². The van der Waals surface area contributed by atoms with Gasteiger partial charge in [-0.1, -0.05) is 36.4 Å². The Kier molecular flexibility index (Phi) is 2.25. The predicted octanol–water partition coefficient (Wildman–Crippen LogP) is 4.22. The van der Waals surface area contributed by atoms with Gasteiger partial charge in [0, 0.05) is 22.5 Å². The van der Waals surface area contributed by atoms with Crippen molar-refractivity contribution in [3.8, 4) is 11.1 Å². The van der Waals surface area contributed by atoms with Gasteiger partial charge in [-0.2, -0.15) is 0 Å². The maximum absolute atomic E-state index is 2.31. The highest BCUT2D eigenvalue weighted by atomic mass is 14.9. The lowest BCUT2D eigenvalue weighted by molar-refractivity contribution is 1.04. The number of rotatable bonds is 1. The molecular weight excluding hydrogens is 206 g/mol. The molecule has 1 aromatic carbocycles. The van der Waals surface area contributed by atoms with Gasteiger partial charge in [-0.15, -0.1) is 0 Å². The van der Waals surface area contributed by atoms with E-state index in [1.165, 1.54) is 28.0 Å². The van der Waals surface area contributed by atoms with Crippen LogP contribution < -0.4 is 0 Å². The number of aryl methyl sites for hydroxylation is 2. The van der Waals surface area contributed by atoms with E-state index < -0.39 is 0 Å². The molecule has 0 N–H and O–H groups in total. The van der Waals surface area contributed by atoms with Gasteiger partial charge in [-0.3, -0.25) is 0 Å². The SMILES string of the molecule is Cc1cccc2cc(-c3ccccc3)c(C)n12. The molecule has 0 unspecified atom stereocenters. The Morgan fingerprint density at radius 1 is 0.824 bits per heavy atom. The fourth-order valence-corrected chi connectivity index (χ4v) is 2.49. The van der Waals surface area contributed by atoms with Crippen LogP contribution in [-0.2, 0) is 0 Å². The minimum absolute atomic E-state index is 1.27. The van der Waals surface area contributed by atoms with E-state index in [0.29, 0.717) is 0 Å². The summed E-state index contributed by atoms with van der Waals surface area (Å²) >= 11 is 0. The molecule has 1 heteroatoms. The molecule has 0 aliphatic carbocycles. The number of aromatic nitrogens is 1. The van der Waals surface area contributed by atoms with Crippen molar-refractivity contribution in [3.63, 3.8) is 0 Å². The van der Waals surface area contributed by atoms with Crippen molar-refractivity contribution in [2.24, 2.45) is 0 Å². The lowest BCUT2D eigenvalue weighted by atomic mass is 10.1. The van der Waals surface area contributed by atoms with Gasteiger partial charge in [0.25, 0.3) is 0 Å². The minimum Gasteiger partial charge on any atom is -0.318 e. The first kappa shape index (κ1) is 10.2. The van der Waals surface area contributed by atoms with Crippen molar-refractivity contribution in [2.45, 2.75) is 13.8 Å².